The molecule has 0 aromatic heterocycles. The Balaban J connectivity index is 2.67. The maximum atomic E-state index is 10.1. The lowest BCUT2D eigenvalue weighted by Gasteiger charge is -2.25. The smallest absolute Gasteiger partial charge is 0.124 e. The van der Waals surface area contributed by atoms with Gasteiger partial charge in [-0.05, 0) is 18.9 Å². The lowest BCUT2D eigenvalue weighted by Crippen LogP contribution is -2.34. The van der Waals surface area contributed by atoms with Crippen LogP contribution in [0.3, 0.4) is 0 Å². The third-order valence-corrected chi connectivity index (χ3v) is 2.96. The Kier molecular flexibility index (Phi) is 4.77. The molecule has 0 aliphatic carbocycles. The van der Waals surface area contributed by atoms with Gasteiger partial charge >= 0.3 is 0 Å². The summed E-state index contributed by atoms with van der Waals surface area (Å²) in [4.78, 5) is 0. The van der Waals surface area contributed by atoms with Gasteiger partial charge in [0, 0.05) is 5.56 Å². The molecule has 0 radical (unpaired) electrons. The van der Waals surface area contributed by atoms with Gasteiger partial charge in [0.2, 0.25) is 0 Å². The monoisotopic (exact) mass is 224 g/mol. The van der Waals surface area contributed by atoms with Crippen molar-refractivity contribution in [2.45, 2.75) is 38.9 Å². The van der Waals surface area contributed by atoms with Crippen LogP contribution < -0.4 is 4.74 Å². The Morgan fingerprint density at radius 2 is 1.81 bits per heavy atom. The number of ether oxygens (including phenoxy) is 1. The van der Waals surface area contributed by atoms with Gasteiger partial charge in [0.15, 0.2) is 0 Å². The third-order valence-electron chi connectivity index (χ3n) is 2.96. The highest BCUT2D eigenvalue weighted by molar-refractivity contribution is 5.32. The fraction of sp³-hybridized carbons (Fsp3) is 0.538. The van der Waals surface area contributed by atoms with Gasteiger partial charge in [-0.25, -0.2) is 0 Å². The van der Waals surface area contributed by atoms with Crippen LogP contribution in [0.5, 0.6) is 5.75 Å². The van der Waals surface area contributed by atoms with Gasteiger partial charge in [-0.2, -0.15) is 0 Å². The molecule has 3 nitrogen and oxygen atoms in total. The Morgan fingerprint density at radius 3 is 2.38 bits per heavy atom. The normalized spacial score (nSPS) is 11.5. The minimum Gasteiger partial charge on any atom is -0.490 e. The Labute approximate surface area is 96.7 Å². The predicted molar refractivity (Wildman–Crippen MR) is 63.4 cm³/mol. The maximum Gasteiger partial charge on any atom is 0.124 e. The first-order valence-electron chi connectivity index (χ1n) is 5.69. The molecule has 2 N–H and O–H groups in total. The quantitative estimate of drug-likeness (QED) is 0.778. The molecular formula is C13H20O3. The topological polar surface area (TPSA) is 49.7 Å². The van der Waals surface area contributed by atoms with E-state index in [4.69, 9.17) is 9.84 Å². The van der Waals surface area contributed by atoms with E-state index in [1.54, 1.807) is 6.07 Å². The second-order valence-electron chi connectivity index (χ2n) is 3.99. The Morgan fingerprint density at radius 1 is 1.19 bits per heavy atom. The Bertz CT molecular complexity index is 319. The van der Waals surface area contributed by atoms with E-state index in [1.807, 2.05) is 32.0 Å². The highest BCUT2D eigenvalue weighted by atomic mass is 16.5. The standard InChI is InChI=1S/C13H20O3/c1-3-13(15,4-2)10-16-12-8-6-5-7-11(12)9-14/h5-8,14-15H,3-4,9-10H2,1-2H3. The van der Waals surface area contributed by atoms with Gasteiger partial charge in [-0.3, -0.25) is 0 Å². The van der Waals surface area contributed by atoms with Crippen LogP contribution in [-0.4, -0.2) is 22.4 Å². The van der Waals surface area contributed by atoms with Crippen LogP contribution in [0, 0.1) is 0 Å². The zero-order valence-electron chi connectivity index (χ0n) is 9.94. The van der Waals surface area contributed by atoms with E-state index < -0.39 is 5.60 Å². The average molecular weight is 224 g/mol. The molecule has 0 atom stereocenters. The second-order valence-corrected chi connectivity index (χ2v) is 3.99. The van der Waals surface area contributed by atoms with Crippen molar-refractivity contribution in [3.63, 3.8) is 0 Å². The van der Waals surface area contributed by atoms with Crippen molar-refractivity contribution in [3.05, 3.63) is 29.8 Å². The minimum absolute atomic E-state index is 0.0488. The number of benzene rings is 1. The molecule has 0 unspecified atom stereocenters. The van der Waals surface area contributed by atoms with Crippen LogP contribution >= 0.6 is 0 Å². The zero-order chi connectivity index (χ0) is 12.0. The molecule has 0 bridgehead atoms. The van der Waals surface area contributed by atoms with E-state index in [-0.39, 0.29) is 13.2 Å². The molecule has 0 aliphatic rings. The number of hydrogen-bond donors (Lipinski definition) is 2. The molecule has 1 rings (SSSR count). The number of aliphatic hydroxyl groups is 2. The summed E-state index contributed by atoms with van der Waals surface area (Å²) in [5, 5.41) is 19.2. The van der Waals surface area contributed by atoms with Crippen molar-refractivity contribution in [2.75, 3.05) is 6.61 Å². The van der Waals surface area contributed by atoms with E-state index in [0.29, 0.717) is 18.6 Å². The summed E-state index contributed by atoms with van der Waals surface area (Å²) in [6.45, 7) is 4.08. The summed E-state index contributed by atoms with van der Waals surface area (Å²) in [6, 6.07) is 7.32. The fourth-order valence-corrected chi connectivity index (χ4v) is 1.44. The maximum absolute atomic E-state index is 10.1. The molecule has 0 fully saturated rings. The molecule has 1 aromatic rings. The van der Waals surface area contributed by atoms with Crippen molar-refractivity contribution >= 4 is 0 Å². The van der Waals surface area contributed by atoms with Crippen molar-refractivity contribution in [3.8, 4) is 5.75 Å². The number of hydrogen-bond acceptors (Lipinski definition) is 3. The Hall–Kier alpha value is -1.06. The summed E-state index contributed by atoms with van der Waals surface area (Å²) >= 11 is 0. The first-order valence-corrected chi connectivity index (χ1v) is 5.69. The van der Waals surface area contributed by atoms with Crippen molar-refractivity contribution in [1.82, 2.24) is 0 Å². The molecule has 90 valence electrons. The van der Waals surface area contributed by atoms with Gasteiger partial charge in [0.25, 0.3) is 0 Å². The highest BCUT2D eigenvalue weighted by Crippen LogP contribution is 2.21. The number of rotatable bonds is 6. The van der Waals surface area contributed by atoms with Gasteiger partial charge in [0.05, 0.1) is 12.2 Å². The largest absolute Gasteiger partial charge is 0.490 e. The van der Waals surface area contributed by atoms with Crippen LogP contribution in [-0.2, 0) is 6.61 Å². The molecular weight excluding hydrogens is 204 g/mol. The zero-order valence-corrected chi connectivity index (χ0v) is 9.94. The molecule has 16 heavy (non-hydrogen) atoms. The van der Waals surface area contributed by atoms with Crippen LogP contribution in [0.25, 0.3) is 0 Å². The van der Waals surface area contributed by atoms with Crippen molar-refractivity contribution in [1.29, 1.82) is 0 Å². The van der Waals surface area contributed by atoms with Crippen LogP contribution in [0.1, 0.15) is 32.3 Å². The highest BCUT2D eigenvalue weighted by Gasteiger charge is 2.23. The summed E-state index contributed by atoms with van der Waals surface area (Å²) < 4.78 is 5.56. The minimum atomic E-state index is -0.775. The first kappa shape index (κ1) is 13.0. The van der Waals surface area contributed by atoms with E-state index in [0.717, 1.165) is 5.56 Å². The van der Waals surface area contributed by atoms with E-state index in [2.05, 4.69) is 0 Å². The van der Waals surface area contributed by atoms with Crippen molar-refractivity contribution in [2.24, 2.45) is 0 Å². The summed E-state index contributed by atoms with van der Waals surface area (Å²) in [5.41, 5.74) is -0.0280. The molecule has 0 heterocycles. The van der Waals surface area contributed by atoms with Crippen molar-refractivity contribution < 1.29 is 14.9 Å². The third kappa shape index (κ3) is 3.22. The second kappa shape index (κ2) is 5.87. The van der Waals surface area contributed by atoms with E-state index >= 15 is 0 Å². The lowest BCUT2D eigenvalue weighted by molar-refractivity contribution is -0.0118. The van der Waals surface area contributed by atoms with Crippen LogP contribution in [0.2, 0.25) is 0 Å². The lowest BCUT2D eigenvalue weighted by atomic mass is 9.99. The molecule has 0 saturated heterocycles. The predicted octanol–water partition coefficient (Wildman–Crippen LogP) is 2.11. The SMILES string of the molecule is CCC(O)(CC)COc1ccccc1CO. The number of aliphatic hydroxyl groups excluding tert-OH is 1. The van der Waals surface area contributed by atoms with Gasteiger partial charge in [-0.1, -0.05) is 32.0 Å². The molecule has 3 heteroatoms. The first-order chi connectivity index (χ1) is 7.65. The summed E-state index contributed by atoms with van der Waals surface area (Å²) in [6.07, 6.45) is 1.32. The average Bonchev–Trinajstić information content (AvgIpc) is 2.36. The summed E-state index contributed by atoms with van der Waals surface area (Å²) in [5.74, 6) is 0.644. The van der Waals surface area contributed by atoms with Gasteiger partial charge in [0.1, 0.15) is 12.4 Å². The van der Waals surface area contributed by atoms with E-state index in [9.17, 15) is 5.11 Å². The summed E-state index contributed by atoms with van der Waals surface area (Å²) in [7, 11) is 0. The molecule has 0 saturated carbocycles. The fourth-order valence-electron chi connectivity index (χ4n) is 1.44. The molecule has 0 spiro atoms. The molecule has 0 amide bonds. The van der Waals surface area contributed by atoms with E-state index in [1.165, 1.54) is 0 Å². The molecule has 0 aliphatic heterocycles. The van der Waals surface area contributed by atoms with Crippen LogP contribution in [0.15, 0.2) is 24.3 Å². The van der Waals surface area contributed by atoms with Crippen LogP contribution in [0.4, 0.5) is 0 Å². The van der Waals surface area contributed by atoms with Gasteiger partial charge in [-0.15, -0.1) is 0 Å². The molecule has 1 aromatic carbocycles. The number of para-hydroxylation sites is 1. The van der Waals surface area contributed by atoms with Gasteiger partial charge < -0.3 is 14.9 Å².